The van der Waals surface area contributed by atoms with Crippen molar-refractivity contribution in [3.8, 4) is 0 Å². The average molecular weight is 437 g/mol. The van der Waals surface area contributed by atoms with Crippen LogP contribution in [0.25, 0.3) is 21.0 Å². The van der Waals surface area contributed by atoms with E-state index in [1.54, 1.807) is 11.3 Å². The molecule has 158 valence electrons. The Hall–Kier alpha value is -3.50. The highest BCUT2D eigenvalue weighted by molar-refractivity contribution is 7.22. The van der Waals surface area contributed by atoms with E-state index in [0.717, 1.165) is 31.9 Å². The van der Waals surface area contributed by atoms with Gasteiger partial charge in [-0.25, -0.2) is 4.98 Å². The number of nitrogens with zero attached hydrogens (tertiary/aromatic N) is 2. The zero-order valence-electron chi connectivity index (χ0n) is 18.2. The Kier molecular flexibility index (Phi) is 5.46. The van der Waals surface area contributed by atoms with Crippen LogP contribution in [-0.2, 0) is 17.8 Å². The van der Waals surface area contributed by atoms with Crippen molar-refractivity contribution in [3.05, 3.63) is 107 Å². The van der Waals surface area contributed by atoms with E-state index < -0.39 is 0 Å². The fourth-order valence-electron chi connectivity index (χ4n) is 3.93. The SMILES string of the molecule is Cc1cc2nc(N(Cc3ccccc3)C(=O)Cc3ccc4ccccc4c3)sc2cc1C. The van der Waals surface area contributed by atoms with Crippen LogP contribution in [0.1, 0.15) is 22.3 Å². The van der Waals surface area contributed by atoms with E-state index in [-0.39, 0.29) is 5.91 Å². The Bertz CT molecular complexity index is 1380. The predicted molar refractivity (Wildman–Crippen MR) is 134 cm³/mol. The van der Waals surface area contributed by atoms with Crippen LogP contribution >= 0.6 is 11.3 Å². The third-order valence-corrected chi connectivity index (χ3v) is 6.92. The first kappa shape index (κ1) is 20.4. The summed E-state index contributed by atoms with van der Waals surface area (Å²) < 4.78 is 1.11. The number of rotatable bonds is 5. The van der Waals surface area contributed by atoms with E-state index in [1.807, 2.05) is 41.3 Å². The highest BCUT2D eigenvalue weighted by Crippen LogP contribution is 2.32. The van der Waals surface area contributed by atoms with Crippen LogP contribution in [-0.4, -0.2) is 10.9 Å². The molecule has 32 heavy (non-hydrogen) atoms. The van der Waals surface area contributed by atoms with E-state index in [0.29, 0.717) is 13.0 Å². The second-order valence-electron chi connectivity index (χ2n) is 8.22. The van der Waals surface area contributed by atoms with Crippen LogP contribution in [0.2, 0.25) is 0 Å². The third kappa shape index (κ3) is 4.14. The molecule has 5 aromatic rings. The van der Waals surface area contributed by atoms with Gasteiger partial charge in [-0.2, -0.15) is 0 Å². The summed E-state index contributed by atoms with van der Waals surface area (Å²) >= 11 is 1.58. The van der Waals surface area contributed by atoms with Gasteiger partial charge < -0.3 is 0 Å². The van der Waals surface area contributed by atoms with Crippen molar-refractivity contribution in [2.45, 2.75) is 26.8 Å². The zero-order valence-corrected chi connectivity index (χ0v) is 19.0. The van der Waals surface area contributed by atoms with Gasteiger partial charge in [0.25, 0.3) is 0 Å². The lowest BCUT2D eigenvalue weighted by Gasteiger charge is -2.20. The summed E-state index contributed by atoms with van der Waals surface area (Å²) in [5.74, 6) is 0.0524. The Labute approximate surface area is 192 Å². The lowest BCUT2D eigenvalue weighted by atomic mass is 10.0. The second-order valence-corrected chi connectivity index (χ2v) is 9.23. The van der Waals surface area contributed by atoms with Gasteiger partial charge in [-0.15, -0.1) is 0 Å². The maximum atomic E-state index is 13.6. The molecule has 1 amide bonds. The molecule has 4 heteroatoms. The average Bonchev–Trinajstić information content (AvgIpc) is 3.20. The van der Waals surface area contributed by atoms with E-state index in [4.69, 9.17) is 4.98 Å². The minimum Gasteiger partial charge on any atom is -0.283 e. The van der Waals surface area contributed by atoms with Gasteiger partial charge in [0, 0.05) is 0 Å². The number of aryl methyl sites for hydroxylation is 2. The number of amides is 1. The molecule has 1 heterocycles. The number of hydrogen-bond donors (Lipinski definition) is 0. The highest BCUT2D eigenvalue weighted by atomic mass is 32.1. The van der Waals surface area contributed by atoms with Gasteiger partial charge in [0.05, 0.1) is 23.2 Å². The van der Waals surface area contributed by atoms with Crippen molar-refractivity contribution in [2.75, 3.05) is 4.90 Å². The van der Waals surface area contributed by atoms with Crippen molar-refractivity contribution in [1.29, 1.82) is 0 Å². The molecule has 0 radical (unpaired) electrons. The molecule has 0 spiro atoms. The first-order valence-corrected chi connectivity index (χ1v) is 11.6. The lowest BCUT2D eigenvalue weighted by Crippen LogP contribution is -2.31. The smallest absolute Gasteiger partial charge is 0.233 e. The van der Waals surface area contributed by atoms with Gasteiger partial charge in [0.15, 0.2) is 5.13 Å². The van der Waals surface area contributed by atoms with Crippen LogP contribution in [0.15, 0.2) is 84.9 Å². The summed E-state index contributed by atoms with van der Waals surface area (Å²) in [7, 11) is 0. The number of anilines is 1. The molecule has 0 saturated carbocycles. The summed E-state index contributed by atoms with van der Waals surface area (Å²) in [6, 6.07) is 28.9. The number of carbonyl (C=O) groups is 1. The van der Waals surface area contributed by atoms with Crippen LogP contribution < -0.4 is 4.90 Å². The molecule has 0 N–H and O–H groups in total. The molecular weight excluding hydrogens is 412 g/mol. The summed E-state index contributed by atoms with van der Waals surface area (Å²) in [5.41, 5.74) is 5.51. The minimum absolute atomic E-state index is 0.0524. The zero-order chi connectivity index (χ0) is 22.1. The second kappa shape index (κ2) is 8.56. The van der Waals surface area contributed by atoms with Gasteiger partial charge in [0.1, 0.15) is 0 Å². The van der Waals surface area contributed by atoms with Gasteiger partial charge in [0.2, 0.25) is 5.91 Å². The molecule has 0 bridgehead atoms. The van der Waals surface area contributed by atoms with E-state index in [1.165, 1.54) is 16.5 Å². The largest absolute Gasteiger partial charge is 0.283 e. The molecule has 0 aliphatic heterocycles. The number of hydrogen-bond acceptors (Lipinski definition) is 3. The van der Waals surface area contributed by atoms with E-state index in [9.17, 15) is 4.79 Å². The molecule has 1 aromatic heterocycles. The van der Waals surface area contributed by atoms with Crippen LogP contribution in [0.3, 0.4) is 0 Å². The van der Waals surface area contributed by atoms with E-state index >= 15 is 0 Å². The number of fused-ring (bicyclic) bond motifs is 2. The minimum atomic E-state index is 0.0524. The maximum absolute atomic E-state index is 13.6. The molecule has 0 aliphatic carbocycles. The Balaban J connectivity index is 1.50. The van der Waals surface area contributed by atoms with Gasteiger partial charge >= 0.3 is 0 Å². The molecule has 3 nitrogen and oxygen atoms in total. The Morgan fingerprint density at radius 2 is 1.53 bits per heavy atom. The van der Waals surface area contributed by atoms with Crippen molar-refractivity contribution >= 4 is 43.4 Å². The van der Waals surface area contributed by atoms with E-state index in [2.05, 4.69) is 62.4 Å². The van der Waals surface area contributed by atoms with Crippen molar-refractivity contribution < 1.29 is 4.79 Å². The fraction of sp³-hybridized carbons (Fsp3) is 0.143. The Morgan fingerprint density at radius 3 is 2.34 bits per heavy atom. The number of aromatic nitrogens is 1. The molecule has 0 saturated heterocycles. The fourth-order valence-corrected chi connectivity index (χ4v) is 4.99. The van der Waals surface area contributed by atoms with Gasteiger partial charge in [-0.05, 0) is 59.0 Å². The van der Waals surface area contributed by atoms with Gasteiger partial charge in [-0.1, -0.05) is 84.1 Å². The summed E-state index contributed by atoms with van der Waals surface area (Å²) in [5, 5.41) is 3.08. The lowest BCUT2D eigenvalue weighted by molar-refractivity contribution is -0.118. The summed E-state index contributed by atoms with van der Waals surface area (Å²) in [4.78, 5) is 20.2. The quantitative estimate of drug-likeness (QED) is 0.302. The third-order valence-electron chi connectivity index (χ3n) is 5.88. The number of thiazole rings is 1. The topological polar surface area (TPSA) is 33.2 Å². The number of carbonyl (C=O) groups excluding carboxylic acids is 1. The maximum Gasteiger partial charge on any atom is 0.233 e. The molecule has 4 aromatic carbocycles. The molecule has 0 fully saturated rings. The van der Waals surface area contributed by atoms with Crippen LogP contribution in [0.4, 0.5) is 5.13 Å². The first-order chi connectivity index (χ1) is 15.6. The van der Waals surface area contributed by atoms with Gasteiger partial charge in [-0.3, -0.25) is 9.69 Å². The standard InChI is InChI=1S/C28H24N2OS/c1-19-14-25-26(15-20(19)2)32-28(29-25)30(18-21-8-4-3-5-9-21)27(31)17-22-12-13-23-10-6-7-11-24(23)16-22/h3-16H,17-18H2,1-2H3. The highest BCUT2D eigenvalue weighted by Gasteiger charge is 2.21. The molecule has 0 unspecified atom stereocenters. The number of benzene rings is 4. The van der Waals surface area contributed by atoms with Crippen LogP contribution in [0, 0.1) is 13.8 Å². The molecule has 0 aliphatic rings. The predicted octanol–water partition coefficient (Wildman–Crippen LogP) is 6.84. The van der Waals surface area contributed by atoms with Crippen molar-refractivity contribution in [1.82, 2.24) is 4.98 Å². The summed E-state index contributed by atoms with van der Waals surface area (Å²) in [6.07, 6.45) is 0.339. The molecular formula is C28H24N2OS. The van der Waals surface area contributed by atoms with Crippen molar-refractivity contribution in [3.63, 3.8) is 0 Å². The van der Waals surface area contributed by atoms with Crippen LogP contribution in [0.5, 0.6) is 0 Å². The Morgan fingerprint density at radius 1 is 0.812 bits per heavy atom. The normalized spacial score (nSPS) is 11.2. The summed E-state index contributed by atoms with van der Waals surface area (Å²) in [6.45, 7) is 4.71. The molecule has 5 rings (SSSR count). The first-order valence-electron chi connectivity index (χ1n) is 10.8. The molecule has 0 atom stereocenters. The van der Waals surface area contributed by atoms with Crippen molar-refractivity contribution in [2.24, 2.45) is 0 Å². The monoisotopic (exact) mass is 436 g/mol.